The molecule has 0 unspecified atom stereocenters. The quantitative estimate of drug-likeness (QED) is 0.327. The van der Waals surface area contributed by atoms with E-state index in [4.69, 9.17) is 0 Å². The van der Waals surface area contributed by atoms with Crippen LogP contribution in [0.5, 0.6) is 0 Å². The Morgan fingerprint density at radius 1 is 0.611 bits per heavy atom. The number of amides is 1. The highest BCUT2D eigenvalue weighted by atomic mass is 16.2. The van der Waals surface area contributed by atoms with Gasteiger partial charge < -0.3 is 9.80 Å². The molecule has 2 heterocycles. The lowest BCUT2D eigenvalue weighted by atomic mass is 10.0. The lowest BCUT2D eigenvalue weighted by Crippen LogP contribution is -2.49. The number of ketones is 1. The molecule has 6 heteroatoms. The molecule has 2 fully saturated rings. The summed E-state index contributed by atoms with van der Waals surface area (Å²) in [6.45, 7) is 28.2. The van der Waals surface area contributed by atoms with Crippen molar-refractivity contribution in [3.63, 3.8) is 0 Å². The highest BCUT2D eigenvalue weighted by Gasteiger charge is 2.22. The Hall–Kier alpha value is -0.980. The number of hydrogen-bond acceptors (Lipinski definition) is 5. The molecule has 0 aromatic heterocycles. The van der Waals surface area contributed by atoms with Crippen LogP contribution in [0.4, 0.5) is 0 Å². The minimum absolute atomic E-state index is 0.141. The van der Waals surface area contributed by atoms with Crippen molar-refractivity contribution in [3.05, 3.63) is 0 Å². The molecular weight excluding hydrogens is 448 g/mol. The Balaban J connectivity index is 0.000000360. The second-order valence-corrected chi connectivity index (χ2v) is 12.3. The molecule has 0 N–H and O–H groups in total. The highest BCUT2D eigenvalue weighted by molar-refractivity contribution is 5.80. The molecule has 2 aliphatic rings. The zero-order valence-electron chi connectivity index (χ0n) is 25.2. The predicted molar refractivity (Wildman–Crippen MR) is 153 cm³/mol. The van der Waals surface area contributed by atoms with Crippen molar-refractivity contribution in [2.45, 2.75) is 100.0 Å². The van der Waals surface area contributed by atoms with Crippen LogP contribution in [0.1, 0.15) is 93.9 Å². The second kappa shape index (κ2) is 18.3. The molecule has 0 aromatic rings. The molecule has 0 bridgehead atoms. The minimum Gasteiger partial charge on any atom is -0.340 e. The monoisotopic (exact) mass is 508 g/mol. The maximum absolute atomic E-state index is 11.8. The third-order valence-corrected chi connectivity index (χ3v) is 7.61. The van der Waals surface area contributed by atoms with Crippen LogP contribution in [0.2, 0.25) is 0 Å². The van der Waals surface area contributed by atoms with Crippen molar-refractivity contribution in [1.82, 2.24) is 19.6 Å². The van der Waals surface area contributed by atoms with E-state index in [-0.39, 0.29) is 11.8 Å². The first-order chi connectivity index (χ1) is 17.0. The predicted octanol–water partition coefficient (Wildman–Crippen LogP) is 5.02. The number of hydrogen-bond donors (Lipinski definition) is 0. The van der Waals surface area contributed by atoms with E-state index in [1.807, 2.05) is 32.6 Å². The van der Waals surface area contributed by atoms with Crippen molar-refractivity contribution in [3.8, 4) is 0 Å². The fourth-order valence-corrected chi connectivity index (χ4v) is 4.87. The first-order valence-corrected chi connectivity index (χ1v) is 15.0. The molecule has 0 atom stereocenters. The van der Waals surface area contributed by atoms with Gasteiger partial charge in [0.05, 0.1) is 0 Å². The maximum Gasteiger partial charge on any atom is 0.225 e. The van der Waals surface area contributed by atoms with Gasteiger partial charge in [-0.05, 0) is 52.1 Å². The van der Waals surface area contributed by atoms with Gasteiger partial charge in [0.25, 0.3) is 0 Å². The van der Waals surface area contributed by atoms with Gasteiger partial charge in [-0.15, -0.1) is 0 Å². The van der Waals surface area contributed by atoms with Gasteiger partial charge in [0, 0.05) is 76.7 Å². The second-order valence-electron chi connectivity index (χ2n) is 12.3. The van der Waals surface area contributed by atoms with Gasteiger partial charge in [-0.3, -0.25) is 19.4 Å². The average Bonchev–Trinajstić information content (AvgIpc) is 2.84. The van der Waals surface area contributed by atoms with Gasteiger partial charge in [-0.25, -0.2) is 0 Å². The van der Waals surface area contributed by atoms with Gasteiger partial charge in [-0.2, -0.15) is 0 Å². The van der Waals surface area contributed by atoms with Gasteiger partial charge >= 0.3 is 0 Å². The topological polar surface area (TPSA) is 47.1 Å². The van der Waals surface area contributed by atoms with Gasteiger partial charge in [0.2, 0.25) is 5.91 Å². The van der Waals surface area contributed by atoms with E-state index in [1.165, 1.54) is 58.4 Å². The van der Waals surface area contributed by atoms with Crippen LogP contribution < -0.4 is 0 Å². The summed E-state index contributed by atoms with van der Waals surface area (Å²) in [5, 5.41) is 0. The summed E-state index contributed by atoms with van der Waals surface area (Å²) in [4.78, 5) is 32.9. The molecule has 212 valence electrons. The van der Waals surface area contributed by atoms with E-state index in [2.05, 4.69) is 42.4 Å². The third-order valence-electron chi connectivity index (χ3n) is 7.61. The molecule has 6 nitrogen and oxygen atoms in total. The summed E-state index contributed by atoms with van der Waals surface area (Å²) in [5.41, 5.74) is 0. The molecular formula is C30H60N4O2. The van der Waals surface area contributed by atoms with Crippen LogP contribution in [0.15, 0.2) is 0 Å². The highest BCUT2D eigenvalue weighted by Crippen LogP contribution is 2.11. The fourth-order valence-electron chi connectivity index (χ4n) is 4.87. The Kier molecular flexibility index (Phi) is 16.8. The van der Waals surface area contributed by atoms with Crippen molar-refractivity contribution in [1.29, 1.82) is 0 Å². The van der Waals surface area contributed by atoms with Crippen LogP contribution in [-0.2, 0) is 9.59 Å². The Bertz CT molecular complexity index is 590. The summed E-state index contributed by atoms with van der Waals surface area (Å²) >= 11 is 0. The molecule has 0 spiro atoms. The van der Waals surface area contributed by atoms with E-state index < -0.39 is 0 Å². The van der Waals surface area contributed by atoms with Crippen molar-refractivity contribution in [2.24, 2.45) is 17.8 Å². The van der Waals surface area contributed by atoms with Crippen molar-refractivity contribution in [2.75, 3.05) is 65.4 Å². The smallest absolute Gasteiger partial charge is 0.225 e. The van der Waals surface area contributed by atoms with Crippen molar-refractivity contribution >= 4 is 11.7 Å². The fraction of sp³-hybridized carbons (Fsp3) is 0.933. The first-order valence-electron chi connectivity index (χ1n) is 15.0. The van der Waals surface area contributed by atoms with E-state index in [0.29, 0.717) is 17.7 Å². The number of nitrogens with zero attached hydrogens (tertiary/aromatic N) is 4. The van der Waals surface area contributed by atoms with Gasteiger partial charge in [0.15, 0.2) is 0 Å². The molecule has 0 aliphatic carbocycles. The van der Waals surface area contributed by atoms with Crippen LogP contribution in [0, 0.1) is 17.8 Å². The number of piperazine rings is 2. The van der Waals surface area contributed by atoms with E-state index in [1.54, 1.807) is 0 Å². The van der Waals surface area contributed by atoms with E-state index in [9.17, 15) is 9.59 Å². The Morgan fingerprint density at radius 2 is 1.11 bits per heavy atom. The Labute approximate surface area is 224 Å². The number of rotatable bonds is 13. The standard InChI is InChI=1S/2C15H30N2O/c1-13(2)15(18)7-5-6-8-16-9-11-17(12-10-16)14(3)4;1-13(2)7-5-6-8-16-9-11-17(12-10-16)15(18)14(3)4/h2*13-14H,5-12H2,1-4H3. The number of unbranched alkanes of at least 4 members (excludes halogenated alkanes) is 2. The van der Waals surface area contributed by atoms with Crippen LogP contribution >= 0.6 is 0 Å². The molecule has 2 saturated heterocycles. The molecule has 36 heavy (non-hydrogen) atoms. The van der Waals surface area contributed by atoms with Crippen LogP contribution in [0.3, 0.4) is 0 Å². The summed E-state index contributed by atoms with van der Waals surface area (Å²) in [7, 11) is 0. The summed E-state index contributed by atoms with van der Waals surface area (Å²) in [6, 6.07) is 0.677. The largest absolute Gasteiger partial charge is 0.340 e. The van der Waals surface area contributed by atoms with Gasteiger partial charge in [-0.1, -0.05) is 54.4 Å². The maximum atomic E-state index is 11.8. The lowest BCUT2D eigenvalue weighted by molar-refractivity contribution is -0.136. The zero-order chi connectivity index (χ0) is 27.1. The average molecular weight is 509 g/mol. The Morgan fingerprint density at radius 3 is 1.56 bits per heavy atom. The zero-order valence-corrected chi connectivity index (χ0v) is 25.2. The molecule has 2 aliphatic heterocycles. The molecule has 0 saturated carbocycles. The normalized spacial score (nSPS) is 18.3. The number of carbonyl (C=O) groups excluding carboxylic acids is 2. The van der Waals surface area contributed by atoms with Crippen molar-refractivity contribution < 1.29 is 9.59 Å². The van der Waals surface area contributed by atoms with Gasteiger partial charge in [0.1, 0.15) is 5.78 Å². The van der Waals surface area contributed by atoms with Crippen LogP contribution in [-0.4, -0.2) is 103 Å². The molecule has 2 rings (SSSR count). The number of carbonyl (C=O) groups is 2. The third kappa shape index (κ3) is 14.1. The summed E-state index contributed by atoms with van der Waals surface area (Å²) < 4.78 is 0. The number of Topliss-reactive ketones (excluding diaryl/α,β-unsaturated/α-hetero) is 1. The summed E-state index contributed by atoms with van der Waals surface area (Å²) in [5.74, 6) is 1.90. The minimum atomic E-state index is 0.141. The summed E-state index contributed by atoms with van der Waals surface area (Å²) in [6.07, 6.45) is 6.97. The SMILES string of the molecule is CC(C)C(=O)CCCCN1CCN(C(C)C)CC1.CC(C)CCCCN1CCN(C(=O)C(C)C)CC1. The lowest BCUT2D eigenvalue weighted by Gasteiger charge is -2.36. The first kappa shape index (κ1) is 33.0. The van der Waals surface area contributed by atoms with Crippen LogP contribution in [0.25, 0.3) is 0 Å². The molecule has 0 aromatic carbocycles. The van der Waals surface area contributed by atoms with E-state index in [0.717, 1.165) is 51.5 Å². The molecule has 0 radical (unpaired) electrons. The van der Waals surface area contributed by atoms with E-state index >= 15 is 0 Å². The molecule has 1 amide bonds.